The molecule has 0 unspecified atom stereocenters. The molecule has 0 fully saturated rings. The summed E-state index contributed by atoms with van der Waals surface area (Å²) in [6.07, 6.45) is 2.34. The van der Waals surface area contributed by atoms with Crippen LogP contribution in [0, 0.1) is 0 Å². The fourth-order valence-corrected chi connectivity index (χ4v) is 13.2. The lowest BCUT2D eigenvalue weighted by atomic mass is 9.36. The largest absolute Gasteiger partial charge is 0.311 e. The van der Waals surface area contributed by atoms with Crippen molar-refractivity contribution >= 4 is 95.0 Å². The van der Waals surface area contributed by atoms with Gasteiger partial charge in [-0.05, 0) is 158 Å². The van der Waals surface area contributed by atoms with Crippen molar-refractivity contribution in [3.8, 4) is 11.1 Å². The number of thiophene rings is 1. The molecule has 0 spiro atoms. The maximum Gasteiger partial charge on any atom is 0.264 e. The van der Waals surface area contributed by atoms with E-state index in [4.69, 9.17) is 0 Å². The van der Waals surface area contributed by atoms with Crippen molar-refractivity contribution in [1.29, 1.82) is 0 Å². The molecule has 0 radical (unpaired) electrons. The van der Waals surface area contributed by atoms with Crippen molar-refractivity contribution in [2.24, 2.45) is 0 Å². The molecule has 1 aromatic heterocycles. The molecule has 8 aromatic carbocycles. The Labute approximate surface area is 426 Å². The maximum absolute atomic E-state index is 2.66. The van der Waals surface area contributed by atoms with Gasteiger partial charge in [-0.3, -0.25) is 0 Å². The van der Waals surface area contributed by atoms with Gasteiger partial charge in [0.1, 0.15) is 0 Å². The fraction of sp³-hybridized carbons (Fsp3) is 0.242. The van der Waals surface area contributed by atoms with Crippen molar-refractivity contribution in [2.75, 3.05) is 14.7 Å². The van der Waals surface area contributed by atoms with E-state index in [1.54, 1.807) is 0 Å². The molecule has 0 saturated carbocycles. The molecule has 9 aromatic rings. The third kappa shape index (κ3) is 7.53. The van der Waals surface area contributed by atoms with Crippen molar-refractivity contribution < 1.29 is 0 Å². The molecule has 3 heterocycles. The van der Waals surface area contributed by atoms with Crippen LogP contribution >= 0.6 is 11.3 Å². The molecule has 0 saturated heterocycles. The van der Waals surface area contributed by atoms with Gasteiger partial charge >= 0.3 is 0 Å². The SMILES string of the molecule is CC(C)(C)c1ccc(N2c3ccc(C(C)(C)C)cc3B3c4sc5cc6c(cc5c4N(c4ccc(-c5ccccc5)cc4)c4cc(N(c5ccccc5)c5ccccc5)cc2c43)C(C)(C)CCC6(C)C)cc1. The third-order valence-electron chi connectivity index (χ3n) is 16.0. The van der Waals surface area contributed by atoms with E-state index in [0.29, 0.717) is 0 Å². The molecule has 0 bridgehead atoms. The van der Waals surface area contributed by atoms with Gasteiger partial charge in [0, 0.05) is 54.7 Å². The predicted octanol–water partition coefficient (Wildman–Crippen LogP) is 17.1. The minimum atomic E-state index is -0.0482. The number of rotatable bonds is 6. The Balaban J connectivity index is 1.22. The predicted molar refractivity (Wildman–Crippen MR) is 309 cm³/mol. The second-order valence-corrected chi connectivity index (χ2v) is 24.8. The molecular formula is C66H64BN3S. The summed E-state index contributed by atoms with van der Waals surface area (Å²) >= 11 is 2.02. The Morgan fingerprint density at radius 3 is 1.55 bits per heavy atom. The van der Waals surface area contributed by atoms with Crippen LogP contribution in [0.4, 0.5) is 51.2 Å². The van der Waals surface area contributed by atoms with Gasteiger partial charge in [-0.2, -0.15) is 0 Å². The van der Waals surface area contributed by atoms with E-state index in [1.165, 1.54) is 88.3 Å². The summed E-state index contributed by atoms with van der Waals surface area (Å²) in [6, 6.07) is 69.0. The standard InChI is InChI=1S/C66H64BN3S/c1-63(2,3)45-28-33-49(34-29-45)69-56-35-30-46(64(4,5)6)38-55(56)67-60-57(69)39-51(68(47-22-16-12-17-23-47)48-24-18-13-19-25-48)40-58(60)70(50-31-26-44(27-32-50)43-20-14-11-15-21-43)61-52-41-53-54(42-59(52)71-62(61)67)66(9,10)37-36-65(53,7)8/h11-35,38-42H,36-37H2,1-10H3. The summed E-state index contributed by atoms with van der Waals surface area (Å²) in [4.78, 5) is 7.69. The van der Waals surface area contributed by atoms with Gasteiger partial charge in [-0.15, -0.1) is 11.3 Å². The lowest BCUT2D eigenvalue weighted by Crippen LogP contribution is -2.60. The number of hydrogen-bond donors (Lipinski definition) is 0. The Hall–Kier alpha value is -6.82. The first-order valence-electron chi connectivity index (χ1n) is 25.7. The van der Waals surface area contributed by atoms with Crippen LogP contribution in [0.1, 0.15) is 104 Å². The normalized spacial score (nSPS) is 15.5. The first-order valence-corrected chi connectivity index (χ1v) is 26.5. The van der Waals surface area contributed by atoms with Crippen LogP contribution in [0.3, 0.4) is 0 Å². The summed E-state index contributed by atoms with van der Waals surface area (Å²) in [5, 5.41) is 1.34. The Kier molecular flexibility index (Phi) is 10.4. The Morgan fingerprint density at radius 2 is 0.972 bits per heavy atom. The molecule has 3 aliphatic rings. The molecule has 2 aliphatic heterocycles. The zero-order valence-electron chi connectivity index (χ0n) is 43.1. The zero-order chi connectivity index (χ0) is 49.2. The van der Waals surface area contributed by atoms with Crippen molar-refractivity contribution in [2.45, 2.75) is 104 Å². The molecule has 71 heavy (non-hydrogen) atoms. The molecule has 12 rings (SSSR count). The second kappa shape index (κ2) is 16.4. The highest BCUT2D eigenvalue weighted by atomic mass is 32.1. The van der Waals surface area contributed by atoms with Gasteiger partial charge in [0.2, 0.25) is 0 Å². The van der Waals surface area contributed by atoms with E-state index in [-0.39, 0.29) is 28.4 Å². The number of benzene rings is 8. The average molecular weight is 942 g/mol. The minimum Gasteiger partial charge on any atom is -0.311 e. The van der Waals surface area contributed by atoms with Gasteiger partial charge in [0.05, 0.1) is 11.4 Å². The topological polar surface area (TPSA) is 9.72 Å². The van der Waals surface area contributed by atoms with Crippen LogP contribution in [-0.2, 0) is 21.7 Å². The van der Waals surface area contributed by atoms with Gasteiger partial charge in [-0.1, -0.05) is 172 Å². The molecule has 1 aliphatic carbocycles. The van der Waals surface area contributed by atoms with Gasteiger partial charge < -0.3 is 14.7 Å². The van der Waals surface area contributed by atoms with Crippen LogP contribution in [0.25, 0.3) is 21.2 Å². The van der Waals surface area contributed by atoms with Gasteiger partial charge in [0.15, 0.2) is 0 Å². The highest BCUT2D eigenvalue weighted by Crippen LogP contribution is 2.54. The number of anilines is 9. The van der Waals surface area contributed by atoms with E-state index in [1.807, 2.05) is 11.3 Å². The number of hydrogen-bond acceptors (Lipinski definition) is 4. The quantitative estimate of drug-likeness (QED) is 0.154. The van der Waals surface area contributed by atoms with Crippen LogP contribution in [0.5, 0.6) is 0 Å². The molecule has 0 atom stereocenters. The van der Waals surface area contributed by atoms with Crippen molar-refractivity contribution in [1.82, 2.24) is 0 Å². The van der Waals surface area contributed by atoms with Crippen LogP contribution in [0.2, 0.25) is 0 Å². The summed E-state index contributed by atoms with van der Waals surface area (Å²) in [5.74, 6) is 0. The molecule has 0 amide bonds. The lowest BCUT2D eigenvalue weighted by molar-refractivity contribution is 0.332. The summed E-state index contributed by atoms with van der Waals surface area (Å²) in [7, 11) is 0. The lowest BCUT2D eigenvalue weighted by Gasteiger charge is -2.44. The van der Waals surface area contributed by atoms with Crippen LogP contribution < -0.4 is 30.4 Å². The first-order chi connectivity index (χ1) is 34.0. The van der Waals surface area contributed by atoms with Crippen molar-refractivity contribution in [3.05, 3.63) is 204 Å². The van der Waals surface area contributed by atoms with E-state index in [9.17, 15) is 0 Å². The molecule has 5 heteroatoms. The highest BCUT2D eigenvalue weighted by Gasteiger charge is 2.47. The number of fused-ring (bicyclic) bond motifs is 7. The summed E-state index contributed by atoms with van der Waals surface area (Å²) in [6.45, 7) is 23.8. The summed E-state index contributed by atoms with van der Waals surface area (Å²) in [5.41, 5.74) is 21.5. The smallest absolute Gasteiger partial charge is 0.264 e. The van der Waals surface area contributed by atoms with Crippen molar-refractivity contribution in [3.63, 3.8) is 0 Å². The van der Waals surface area contributed by atoms with Crippen LogP contribution in [0.15, 0.2) is 182 Å². The Morgan fingerprint density at radius 1 is 0.479 bits per heavy atom. The van der Waals surface area contributed by atoms with Crippen LogP contribution in [-0.4, -0.2) is 6.71 Å². The van der Waals surface area contributed by atoms with E-state index < -0.39 is 0 Å². The van der Waals surface area contributed by atoms with E-state index in [2.05, 4.69) is 266 Å². The Bertz CT molecular complexity index is 3450. The zero-order valence-corrected chi connectivity index (χ0v) is 43.9. The number of para-hydroxylation sites is 2. The maximum atomic E-state index is 2.66. The third-order valence-corrected chi connectivity index (χ3v) is 17.2. The van der Waals surface area contributed by atoms with E-state index in [0.717, 1.165) is 34.9 Å². The molecule has 0 N–H and O–H groups in total. The molecule has 352 valence electrons. The monoisotopic (exact) mass is 941 g/mol. The van der Waals surface area contributed by atoms with E-state index >= 15 is 0 Å². The average Bonchev–Trinajstić information content (AvgIpc) is 3.74. The fourth-order valence-electron chi connectivity index (χ4n) is 11.8. The second-order valence-electron chi connectivity index (χ2n) is 23.7. The number of nitrogens with zero attached hydrogens (tertiary/aromatic N) is 3. The highest BCUT2D eigenvalue weighted by molar-refractivity contribution is 7.33. The van der Waals surface area contributed by atoms with Gasteiger partial charge in [0.25, 0.3) is 6.71 Å². The molecule has 3 nitrogen and oxygen atoms in total. The van der Waals surface area contributed by atoms with Gasteiger partial charge in [-0.25, -0.2) is 0 Å². The first kappa shape index (κ1) is 45.3. The molecular weight excluding hydrogens is 878 g/mol. The minimum absolute atomic E-state index is 0.0105. The summed E-state index contributed by atoms with van der Waals surface area (Å²) < 4.78 is 2.77.